The molecule has 1 aromatic rings. The maximum Gasteiger partial charge on any atom is 0.471 e. The average molecular weight is 288 g/mol. The van der Waals surface area contributed by atoms with Crippen LogP contribution in [-0.2, 0) is 4.79 Å². The SMILES string of the molecule is COc1cccc(N2CCC(NC(=O)C(F)(F)F)C2)c1. The lowest BCUT2D eigenvalue weighted by molar-refractivity contribution is -0.174. The molecule has 0 saturated carbocycles. The maximum absolute atomic E-state index is 12.2. The minimum atomic E-state index is -4.83. The van der Waals surface area contributed by atoms with E-state index in [1.807, 2.05) is 28.4 Å². The first kappa shape index (κ1) is 14.5. The molecule has 4 nitrogen and oxygen atoms in total. The number of nitrogens with one attached hydrogen (secondary N) is 1. The number of carbonyl (C=O) groups is 1. The van der Waals surface area contributed by atoms with Gasteiger partial charge in [0.15, 0.2) is 0 Å². The van der Waals surface area contributed by atoms with Crippen LogP contribution in [0.5, 0.6) is 5.75 Å². The number of anilines is 1. The number of hydrogen-bond acceptors (Lipinski definition) is 3. The molecule has 0 bridgehead atoms. The molecule has 1 heterocycles. The fourth-order valence-corrected chi connectivity index (χ4v) is 2.19. The van der Waals surface area contributed by atoms with Crippen molar-refractivity contribution in [2.75, 3.05) is 25.1 Å². The van der Waals surface area contributed by atoms with E-state index < -0.39 is 18.1 Å². The smallest absolute Gasteiger partial charge is 0.471 e. The predicted molar refractivity (Wildman–Crippen MR) is 67.8 cm³/mol. The molecule has 7 heteroatoms. The van der Waals surface area contributed by atoms with Crippen LogP contribution in [0.15, 0.2) is 24.3 Å². The van der Waals surface area contributed by atoms with Crippen LogP contribution in [0.25, 0.3) is 0 Å². The second-order valence-electron chi connectivity index (χ2n) is 4.60. The third kappa shape index (κ3) is 3.34. The fourth-order valence-electron chi connectivity index (χ4n) is 2.19. The number of alkyl halides is 3. The second kappa shape index (κ2) is 5.60. The minimum Gasteiger partial charge on any atom is -0.497 e. The Morgan fingerprint density at radius 2 is 2.20 bits per heavy atom. The Hall–Kier alpha value is -1.92. The van der Waals surface area contributed by atoms with Crippen LogP contribution < -0.4 is 15.0 Å². The highest BCUT2D eigenvalue weighted by atomic mass is 19.4. The van der Waals surface area contributed by atoms with E-state index in [1.54, 1.807) is 13.2 Å². The Bertz CT molecular complexity index is 491. The van der Waals surface area contributed by atoms with Crippen molar-refractivity contribution in [2.24, 2.45) is 0 Å². The number of ether oxygens (including phenoxy) is 1. The normalized spacial score (nSPS) is 19.0. The van der Waals surface area contributed by atoms with Gasteiger partial charge in [-0.25, -0.2) is 0 Å². The monoisotopic (exact) mass is 288 g/mol. The van der Waals surface area contributed by atoms with E-state index in [0.29, 0.717) is 25.3 Å². The standard InChI is InChI=1S/C13H15F3N2O2/c1-20-11-4-2-3-10(7-11)18-6-5-9(8-18)17-12(19)13(14,15)16/h2-4,7,9H,5-6,8H2,1H3,(H,17,19). The minimum absolute atomic E-state index is 0.356. The summed E-state index contributed by atoms with van der Waals surface area (Å²) in [6.07, 6.45) is -4.34. The average Bonchev–Trinajstić information content (AvgIpc) is 2.86. The van der Waals surface area contributed by atoms with Crippen LogP contribution in [0.1, 0.15) is 6.42 Å². The summed E-state index contributed by atoms with van der Waals surface area (Å²) in [6.45, 7) is 0.949. The number of benzene rings is 1. The maximum atomic E-state index is 12.2. The molecule has 0 spiro atoms. The third-order valence-corrected chi connectivity index (χ3v) is 3.20. The molecule has 1 aromatic carbocycles. The summed E-state index contributed by atoms with van der Waals surface area (Å²) in [5.41, 5.74) is 0.869. The van der Waals surface area contributed by atoms with Gasteiger partial charge in [-0.1, -0.05) is 6.07 Å². The predicted octanol–water partition coefficient (Wildman–Crippen LogP) is 1.95. The molecule has 1 aliphatic heterocycles. The van der Waals surface area contributed by atoms with Gasteiger partial charge in [0.25, 0.3) is 0 Å². The van der Waals surface area contributed by atoms with Crippen molar-refractivity contribution in [3.8, 4) is 5.75 Å². The lowest BCUT2D eigenvalue weighted by Crippen LogP contribution is -2.44. The molecule has 20 heavy (non-hydrogen) atoms. The van der Waals surface area contributed by atoms with Gasteiger partial charge in [0, 0.05) is 30.9 Å². The van der Waals surface area contributed by atoms with Crippen LogP contribution in [0, 0.1) is 0 Å². The van der Waals surface area contributed by atoms with E-state index in [9.17, 15) is 18.0 Å². The lowest BCUT2D eigenvalue weighted by Gasteiger charge is -2.20. The van der Waals surface area contributed by atoms with E-state index in [-0.39, 0.29) is 0 Å². The number of rotatable bonds is 3. The number of amides is 1. The van der Waals surface area contributed by atoms with Gasteiger partial charge in [-0.3, -0.25) is 4.79 Å². The van der Waals surface area contributed by atoms with Crippen LogP contribution >= 0.6 is 0 Å². The van der Waals surface area contributed by atoms with E-state index in [4.69, 9.17) is 4.74 Å². The Morgan fingerprint density at radius 1 is 1.45 bits per heavy atom. The molecule has 0 aliphatic carbocycles. The zero-order chi connectivity index (χ0) is 14.8. The summed E-state index contributed by atoms with van der Waals surface area (Å²) < 4.78 is 41.6. The van der Waals surface area contributed by atoms with Gasteiger partial charge in [-0.05, 0) is 18.6 Å². The summed E-state index contributed by atoms with van der Waals surface area (Å²) in [4.78, 5) is 12.8. The first-order valence-corrected chi connectivity index (χ1v) is 6.17. The molecule has 1 saturated heterocycles. The highest BCUT2D eigenvalue weighted by molar-refractivity contribution is 5.82. The van der Waals surface area contributed by atoms with Gasteiger partial charge in [0.2, 0.25) is 0 Å². The molecule has 1 N–H and O–H groups in total. The van der Waals surface area contributed by atoms with Crippen molar-refractivity contribution in [3.63, 3.8) is 0 Å². The quantitative estimate of drug-likeness (QED) is 0.924. The molecule has 1 fully saturated rings. The van der Waals surface area contributed by atoms with Crippen LogP contribution in [0.2, 0.25) is 0 Å². The van der Waals surface area contributed by atoms with Gasteiger partial charge in [0.1, 0.15) is 5.75 Å². The molecule has 0 radical (unpaired) electrons. The van der Waals surface area contributed by atoms with Gasteiger partial charge in [0.05, 0.1) is 7.11 Å². The van der Waals surface area contributed by atoms with Crippen molar-refractivity contribution in [2.45, 2.75) is 18.6 Å². The van der Waals surface area contributed by atoms with Crippen molar-refractivity contribution >= 4 is 11.6 Å². The number of hydrogen-bond donors (Lipinski definition) is 1. The molecule has 0 aromatic heterocycles. The van der Waals surface area contributed by atoms with Crippen LogP contribution in [0.4, 0.5) is 18.9 Å². The van der Waals surface area contributed by atoms with Gasteiger partial charge in [-0.15, -0.1) is 0 Å². The molecule has 1 amide bonds. The number of carbonyl (C=O) groups excluding carboxylic acids is 1. The lowest BCUT2D eigenvalue weighted by atomic mass is 10.2. The van der Waals surface area contributed by atoms with Crippen molar-refractivity contribution < 1.29 is 22.7 Å². The van der Waals surface area contributed by atoms with E-state index >= 15 is 0 Å². The van der Waals surface area contributed by atoms with Crippen LogP contribution in [-0.4, -0.2) is 38.3 Å². The Morgan fingerprint density at radius 3 is 2.85 bits per heavy atom. The summed E-state index contributed by atoms with van der Waals surface area (Å²) in [6, 6.07) is 6.79. The zero-order valence-electron chi connectivity index (χ0n) is 10.9. The molecule has 1 unspecified atom stereocenters. The first-order chi connectivity index (χ1) is 9.40. The summed E-state index contributed by atoms with van der Waals surface area (Å²) in [5, 5.41) is 2.01. The Kier molecular flexibility index (Phi) is 4.06. The Labute approximate surface area is 114 Å². The van der Waals surface area contributed by atoms with E-state index in [0.717, 1.165) is 5.69 Å². The summed E-state index contributed by atoms with van der Waals surface area (Å²) in [5.74, 6) is -1.19. The second-order valence-corrected chi connectivity index (χ2v) is 4.60. The molecular formula is C13H15F3N2O2. The number of nitrogens with zero attached hydrogens (tertiary/aromatic N) is 1. The summed E-state index contributed by atoms with van der Waals surface area (Å²) >= 11 is 0. The summed E-state index contributed by atoms with van der Waals surface area (Å²) in [7, 11) is 1.55. The molecule has 1 atom stereocenters. The van der Waals surface area contributed by atoms with Crippen LogP contribution in [0.3, 0.4) is 0 Å². The fraction of sp³-hybridized carbons (Fsp3) is 0.462. The number of halogens is 3. The van der Waals surface area contributed by atoms with Crippen molar-refractivity contribution in [1.82, 2.24) is 5.32 Å². The largest absolute Gasteiger partial charge is 0.497 e. The molecule has 1 aliphatic rings. The zero-order valence-corrected chi connectivity index (χ0v) is 10.9. The van der Waals surface area contributed by atoms with Gasteiger partial charge < -0.3 is 15.0 Å². The Balaban J connectivity index is 1.97. The van der Waals surface area contributed by atoms with Crippen molar-refractivity contribution in [3.05, 3.63) is 24.3 Å². The van der Waals surface area contributed by atoms with E-state index in [1.165, 1.54) is 0 Å². The first-order valence-electron chi connectivity index (χ1n) is 6.17. The molecule has 2 rings (SSSR count). The molecule has 110 valence electrons. The van der Waals surface area contributed by atoms with Gasteiger partial charge >= 0.3 is 12.1 Å². The third-order valence-electron chi connectivity index (χ3n) is 3.20. The topological polar surface area (TPSA) is 41.6 Å². The highest BCUT2D eigenvalue weighted by Crippen LogP contribution is 2.25. The van der Waals surface area contributed by atoms with E-state index in [2.05, 4.69) is 0 Å². The van der Waals surface area contributed by atoms with Gasteiger partial charge in [-0.2, -0.15) is 13.2 Å². The molecular weight excluding hydrogens is 273 g/mol. The highest BCUT2D eigenvalue weighted by Gasteiger charge is 2.40. The number of methoxy groups -OCH3 is 1. The van der Waals surface area contributed by atoms with Crippen molar-refractivity contribution in [1.29, 1.82) is 0 Å².